The Morgan fingerprint density at radius 2 is 1.89 bits per heavy atom. The average molecular weight is 482 g/mol. The fourth-order valence-electron chi connectivity index (χ4n) is 4.00. The van der Waals surface area contributed by atoms with Gasteiger partial charge in [-0.05, 0) is 62.7 Å². The van der Waals surface area contributed by atoms with E-state index >= 15 is 0 Å². The van der Waals surface area contributed by atoms with Crippen LogP contribution >= 0.6 is 0 Å². The molecule has 9 heteroatoms. The fraction of sp³-hybridized carbons (Fsp3) is 0.192. The molecule has 0 aliphatic rings. The fourth-order valence-corrected chi connectivity index (χ4v) is 4.00. The van der Waals surface area contributed by atoms with Crippen LogP contribution in [0, 0.1) is 13.8 Å². The number of carbonyl (C=O) groups is 1. The Labute approximate surface area is 198 Å². The number of alkyl halides is 3. The summed E-state index contributed by atoms with van der Waals surface area (Å²) in [7, 11) is 0. The third kappa shape index (κ3) is 4.62. The Morgan fingerprint density at radius 1 is 1.14 bits per heavy atom. The lowest BCUT2D eigenvalue weighted by atomic mass is 9.98. The summed E-state index contributed by atoms with van der Waals surface area (Å²) in [5.41, 5.74) is 0.872. The molecule has 4 rings (SSSR count). The second-order valence-electron chi connectivity index (χ2n) is 8.29. The van der Waals surface area contributed by atoms with E-state index in [1.807, 2.05) is 0 Å². The SMILES string of the molecule is Cc1cc(C(C)Nc2ccc(C(F)(F)F)cc2C(=O)O)c2oc(-c3cccnc3)c(C)c(=O)c2c1. The van der Waals surface area contributed by atoms with Crippen molar-refractivity contribution in [1.29, 1.82) is 0 Å². The lowest BCUT2D eigenvalue weighted by molar-refractivity contribution is -0.137. The number of fused-ring (bicyclic) bond motifs is 1. The molecule has 0 radical (unpaired) electrons. The number of aromatic carboxylic acids is 1. The lowest BCUT2D eigenvalue weighted by Crippen LogP contribution is -2.15. The number of pyridine rings is 1. The summed E-state index contributed by atoms with van der Waals surface area (Å²) in [4.78, 5) is 29.0. The highest BCUT2D eigenvalue weighted by Gasteiger charge is 2.32. The monoisotopic (exact) mass is 482 g/mol. The van der Waals surface area contributed by atoms with Crippen LogP contribution in [0.25, 0.3) is 22.3 Å². The molecule has 0 amide bonds. The summed E-state index contributed by atoms with van der Waals surface area (Å²) >= 11 is 0. The van der Waals surface area contributed by atoms with Gasteiger partial charge in [-0.25, -0.2) is 4.79 Å². The third-order valence-electron chi connectivity index (χ3n) is 5.73. The Hall–Kier alpha value is -4.14. The molecule has 0 bridgehead atoms. The van der Waals surface area contributed by atoms with Gasteiger partial charge in [0.25, 0.3) is 0 Å². The van der Waals surface area contributed by atoms with Gasteiger partial charge in [0, 0.05) is 34.8 Å². The van der Waals surface area contributed by atoms with E-state index in [1.165, 1.54) is 0 Å². The standard InChI is InChI=1S/C26H21F3N2O4/c1-13-9-18(15(3)31-21-7-6-17(26(27,28)29)11-19(21)25(33)34)24-20(10-13)22(32)14(2)23(35-24)16-5-4-8-30-12-16/h4-12,15,31H,1-3H3,(H,33,34). The van der Waals surface area contributed by atoms with Gasteiger partial charge in [0.15, 0.2) is 5.43 Å². The third-order valence-corrected chi connectivity index (χ3v) is 5.73. The van der Waals surface area contributed by atoms with Gasteiger partial charge in [-0.3, -0.25) is 9.78 Å². The number of benzene rings is 2. The highest BCUT2D eigenvalue weighted by Crippen LogP contribution is 2.35. The molecule has 0 saturated carbocycles. The van der Waals surface area contributed by atoms with Crippen LogP contribution in [0.3, 0.4) is 0 Å². The molecule has 0 aliphatic heterocycles. The van der Waals surface area contributed by atoms with Gasteiger partial charge in [0.2, 0.25) is 0 Å². The molecule has 180 valence electrons. The maximum Gasteiger partial charge on any atom is 0.416 e. The quantitative estimate of drug-likeness (QED) is 0.344. The molecular formula is C26H21F3N2O4. The van der Waals surface area contributed by atoms with E-state index < -0.39 is 29.3 Å². The van der Waals surface area contributed by atoms with E-state index in [0.717, 1.165) is 17.7 Å². The van der Waals surface area contributed by atoms with Gasteiger partial charge in [-0.2, -0.15) is 13.2 Å². The van der Waals surface area contributed by atoms with Gasteiger partial charge in [0.1, 0.15) is 11.3 Å². The van der Waals surface area contributed by atoms with E-state index in [2.05, 4.69) is 10.3 Å². The van der Waals surface area contributed by atoms with Crippen LogP contribution in [-0.4, -0.2) is 16.1 Å². The molecule has 1 unspecified atom stereocenters. The molecule has 0 saturated heterocycles. The van der Waals surface area contributed by atoms with E-state index in [0.29, 0.717) is 39.5 Å². The number of rotatable bonds is 5. The van der Waals surface area contributed by atoms with Crippen LogP contribution < -0.4 is 10.7 Å². The Bertz CT molecular complexity index is 1490. The smallest absolute Gasteiger partial charge is 0.416 e. The van der Waals surface area contributed by atoms with Crippen molar-refractivity contribution in [3.05, 3.63) is 92.9 Å². The first-order valence-electron chi connectivity index (χ1n) is 10.7. The molecule has 0 aliphatic carbocycles. The van der Waals surface area contributed by atoms with Crippen LogP contribution in [0.4, 0.5) is 18.9 Å². The van der Waals surface area contributed by atoms with Crippen molar-refractivity contribution in [2.45, 2.75) is 33.0 Å². The van der Waals surface area contributed by atoms with Crippen molar-refractivity contribution in [2.24, 2.45) is 0 Å². The number of aryl methyl sites for hydroxylation is 1. The summed E-state index contributed by atoms with van der Waals surface area (Å²) in [5, 5.41) is 12.8. The van der Waals surface area contributed by atoms with Gasteiger partial charge in [0.05, 0.1) is 22.6 Å². The molecule has 2 aromatic heterocycles. The number of halogens is 3. The summed E-state index contributed by atoms with van der Waals surface area (Å²) in [6.07, 6.45) is -1.50. The van der Waals surface area contributed by atoms with E-state index in [-0.39, 0.29) is 11.1 Å². The maximum atomic E-state index is 13.2. The van der Waals surface area contributed by atoms with Crippen LogP contribution in [0.5, 0.6) is 0 Å². The molecule has 2 heterocycles. The highest BCUT2D eigenvalue weighted by molar-refractivity contribution is 5.95. The minimum absolute atomic E-state index is 0.00889. The number of nitrogens with one attached hydrogen (secondary N) is 1. The van der Waals surface area contributed by atoms with Crippen LogP contribution in [0.2, 0.25) is 0 Å². The largest absolute Gasteiger partial charge is 0.478 e. The number of hydrogen-bond acceptors (Lipinski definition) is 5. The normalized spacial score (nSPS) is 12.5. The Balaban J connectivity index is 1.85. The summed E-state index contributed by atoms with van der Waals surface area (Å²) in [6, 6.07) is 8.86. The topological polar surface area (TPSA) is 92.4 Å². The van der Waals surface area contributed by atoms with Crippen molar-refractivity contribution in [3.8, 4) is 11.3 Å². The van der Waals surface area contributed by atoms with E-state index in [4.69, 9.17) is 4.42 Å². The van der Waals surface area contributed by atoms with Gasteiger partial charge in [-0.15, -0.1) is 0 Å². The molecule has 2 aromatic carbocycles. The molecule has 0 fully saturated rings. The molecule has 4 aromatic rings. The predicted octanol–water partition coefficient (Wildman–Crippen LogP) is 6.36. The summed E-state index contributed by atoms with van der Waals surface area (Å²) < 4.78 is 45.5. The van der Waals surface area contributed by atoms with Crippen LogP contribution in [0.1, 0.15) is 45.6 Å². The zero-order valence-electron chi connectivity index (χ0n) is 19.0. The zero-order valence-corrected chi connectivity index (χ0v) is 19.0. The molecule has 35 heavy (non-hydrogen) atoms. The average Bonchev–Trinajstić information content (AvgIpc) is 2.81. The number of anilines is 1. The number of aromatic nitrogens is 1. The first kappa shape index (κ1) is 24.0. The number of carboxylic acids is 1. The van der Waals surface area contributed by atoms with Gasteiger partial charge in [-0.1, -0.05) is 6.07 Å². The summed E-state index contributed by atoms with van der Waals surface area (Å²) in [5.74, 6) is -1.14. The number of nitrogens with zero attached hydrogens (tertiary/aromatic N) is 1. The molecule has 2 N–H and O–H groups in total. The van der Waals surface area contributed by atoms with Crippen molar-refractivity contribution >= 4 is 22.6 Å². The lowest BCUT2D eigenvalue weighted by Gasteiger charge is -2.20. The minimum Gasteiger partial charge on any atom is -0.478 e. The van der Waals surface area contributed by atoms with Crippen LogP contribution in [0.15, 0.2) is 64.1 Å². The number of carboxylic acid groups (broad SMARTS) is 1. The van der Waals surface area contributed by atoms with E-state index in [1.54, 1.807) is 57.4 Å². The van der Waals surface area contributed by atoms with Crippen LogP contribution in [-0.2, 0) is 6.18 Å². The van der Waals surface area contributed by atoms with E-state index in [9.17, 15) is 27.9 Å². The minimum atomic E-state index is -4.68. The first-order valence-corrected chi connectivity index (χ1v) is 10.7. The Morgan fingerprint density at radius 3 is 2.51 bits per heavy atom. The molecule has 6 nitrogen and oxygen atoms in total. The second kappa shape index (κ2) is 8.90. The maximum absolute atomic E-state index is 13.2. The van der Waals surface area contributed by atoms with Gasteiger partial charge >= 0.3 is 12.1 Å². The van der Waals surface area contributed by atoms with Crippen molar-refractivity contribution in [2.75, 3.05) is 5.32 Å². The zero-order chi connectivity index (χ0) is 25.5. The molecule has 0 spiro atoms. The number of hydrogen-bond donors (Lipinski definition) is 2. The summed E-state index contributed by atoms with van der Waals surface area (Å²) in [6.45, 7) is 5.18. The van der Waals surface area contributed by atoms with Crippen molar-refractivity contribution in [1.82, 2.24) is 4.98 Å². The van der Waals surface area contributed by atoms with Crippen molar-refractivity contribution in [3.63, 3.8) is 0 Å². The Kier molecular flexibility index (Phi) is 6.10. The first-order chi connectivity index (χ1) is 16.5. The second-order valence-corrected chi connectivity index (χ2v) is 8.29. The predicted molar refractivity (Wildman–Crippen MR) is 126 cm³/mol. The molecular weight excluding hydrogens is 461 g/mol. The highest BCUT2D eigenvalue weighted by atomic mass is 19.4. The van der Waals surface area contributed by atoms with Crippen molar-refractivity contribution < 1.29 is 27.5 Å². The van der Waals surface area contributed by atoms with Gasteiger partial charge < -0.3 is 14.8 Å². The molecule has 1 atom stereocenters.